The van der Waals surface area contributed by atoms with Crippen molar-refractivity contribution >= 4 is 27.0 Å². The first-order valence-corrected chi connectivity index (χ1v) is 14.5. The Bertz CT molecular complexity index is 1250. The molecule has 3 aliphatic rings. The van der Waals surface area contributed by atoms with Crippen LogP contribution in [-0.4, -0.2) is 53.2 Å². The molecule has 2 heterocycles. The van der Waals surface area contributed by atoms with Crippen molar-refractivity contribution in [3.63, 3.8) is 0 Å². The van der Waals surface area contributed by atoms with Crippen LogP contribution in [0.15, 0.2) is 23.1 Å². The fraction of sp³-hybridized carbons (Fsp3) is 0.692. The largest absolute Gasteiger partial charge is 0.352 e. The van der Waals surface area contributed by atoms with Gasteiger partial charge in [-0.15, -0.1) is 0 Å². The van der Waals surface area contributed by atoms with Gasteiger partial charge < -0.3 is 9.88 Å². The normalized spacial score (nSPS) is 23.9. The predicted molar refractivity (Wildman–Crippen MR) is 133 cm³/mol. The number of nitrogens with one attached hydrogen (secondary N) is 1. The average Bonchev–Trinajstić information content (AvgIpc) is 3.44. The quantitative estimate of drug-likeness (QED) is 0.608. The fourth-order valence-electron chi connectivity index (χ4n) is 5.45. The van der Waals surface area contributed by atoms with Gasteiger partial charge in [-0.05, 0) is 56.2 Å². The third kappa shape index (κ3) is 5.16. The molecule has 0 radical (unpaired) electrons. The van der Waals surface area contributed by atoms with E-state index in [1.54, 1.807) is 18.2 Å². The molecule has 2 aliphatic carbocycles. The van der Waals surface area contributed by atoms with Crippen LogP contribution < -0.4 is 5.32 Å². The molecule has 1 atom stereocenters. The van der Waals surface area contributed by atoms with E-state index in [1.165, 1.54) is 4.31 Å². The van der Waals surface area contributed by atoms with Gasteiger partial charge in [0.1, 0.15) is 5.82 Å². The van der Waals surface area contributed by atoms with Crippen molar-refractivity contribution in [2.24, 2.45) is 11.8 Å². The maximum Gasteiger partial charge on any atom is 0.248 e. The van der Waals surface area contributed by atoms with E-state index in [0.29, 0.717) is 37.9 Å². The highest BCUT2D eigenvalue weighted by Crippen LogP contribution is 2.38. The minimum atomic E-state index is -3.73. The predicted octanol–water partition coefficient (Wildman–Crippen LogP) is 4.45. The van der Waals surface area contributed by atoms with Gasteiger partial charge in [-0.25, -0.2) is 22.2 Å². The summed E-state index contributed by atoms with van der Waals surface area (Å²) < 4.78 is 57.8. The van der Waals surface area contributed by atoms with Gasteiger partial charge in [0, 0.05) is 49.9 Å². The highest BCUT2D eigenvalue weighted by molar-refractivity contribution is 7.89. The molecule has 1 aliphatic heterocycles. The van der Waals surface area contributed by atoms with Gasteiger partial charge in [-0.3, -0.25) is 4.79 Å². The van der Waals surface area contributed by atoms with Crippen molar-refractivity contribution in [2.75, 3.05) is 13.1 Å². The van der Waals surface area contributed by atoms with Crippen molar-refractivity contribution in [1.82, 2.24) is 19.2 Å². The second-order valence-electron chi connectivity index (χ2n) is 11.9. The monoisotopic (exact) mass is 522 g/mol. The molecule has 0 bridgehead atoms. The Hall–Kier alpha value is -2.07. The molecule has 1 aromatic heterocycles. The molecule has 1 aromatic carbocycles. The number of imidazole rings is 1. The number of hydrogen-bond donors (Lipinski definition) is 1. The number of carbonyl (C=O) groups excluding carboxylic acids is 1. The number of hydrogen-bond acceptors (Lipinski definition) is 4. The van der Waals surface area contributed by atoms with Gasteiger partial charge in [0.25, 0.3) is 0 Å². The van der Waals surface area contributed by atoms with Gasteiger partial charge in [-0.2, -0.15) is 4.31 Å². The summed E-state index contributed by atoms with van der Waals surface area (Å²) in [5.41, 5.74) is 1.13. The van der Waals surface area contributed by atoms with E-state index < -0.39 is 15.9 Å². The standard InChI is InChI=1S/C26H36F2N4O3S/c1-25(2,3)24-30-21-14-20(6-7-22(21)32(24)15-17-8-11-26(27,28)12-9-17)36(34,35)31-13-10-19(16-31)29-23(33)18-4-5-18/h6-7,14,17-19H,4-5,8-13,15-16H2,1-3H3,(H,29,33)/t19-/m0/s1. The number of alkyl halides is 2. The molecule has 2 saturated carbocycles. The molecular formula is C26H36F2N4O3S. The lowest BCUT2D eigenvalue weighted by Gasteiger charge is -2.30. The molecule has 1 saturated heterocycles. The van der Waals surface area contributed by atoms with Crippen molar-refractivity contribution in [3.8, 4) is 0 Å². The maximum atomic E-state index is 13.7. The van der Waals surface area contributed by atoms with Crippen molar-refractivity contribution < 1.29 is 22.0 Å². The fourth-order valence-corrected chi connectivity index (χ4v) is 6.97. The molecule has 1 N–H and O–H groups in total. The van der Waals surface area contributed by atoms with Crippen LogP contribution in [0.5, 0.6) is 0 Å². The molecule has 7 nitrogen and oxygen atoms in total. The molecule has 10 heteroatoms. The average molecular weight is 523 g/mol. The summed E-state index contributed by atoms with van der Waals surface area (Å²) in [7, 11) is -3.73. The van der Waals surface area contributed by atoms with Crippen molar-refractivity contribution in [2.45, 2.75) is 94.5 Å². The lowest BCUT2D eigenvalue weighted by Crippen LogP contribution is -2.39. The Kier molecular flexibility index (Phi) is 6.42. The van der Waals surface area contributed by atoms with E-state index in [0.717, 1.165) is 24.2 Å². The summed E-state index contributed by atoms with van der Waals surface area (Å²) >= 11 is 0. The third-order valence-electron chi connectivity index (χ3n) is 7.75. The summed E-state index contributed by atoms with van der Waals surface area (Å²) in [6.07, 6.45) is 3.19. The number of sulfonamides is 1. The molecule has 198 valence electrons. The van der Waals surface area contributed by atoms with Gasteiger partial charge in [-0.1, -0.05) is 20.8 Å². The van der Waals surface area contributed by atoms with Crippen LogP contribution in [0.2, 0.25) is 0 Å². The first-order valence-electron chi connectivity index (χ1n) is 13.0. The molecule has 2 aromatic rings. The van der Waals surface area contributed by atoms with Crippen LogP contribution in [0.4, 0.5) is 8.78 Å². The van der Waals surface area contributed by atoms with E-state index in [4.69, 9.17) is 4.98 Å². The summed E-state index contributed by atoms with van der Waals surface area (Å²) in [6, 6.07) is 4.88. The van der Waals surface area contributed by atoms with E-state index in [-0.39, 0.29) is 53.5 Å². The molecule has 1 amide bonds. The number of nitrogens with zero attached hydrogens (tertiary/aromatic N) is 3. The number of rotatable bonds is 6. The first kappa shape index (κ1) is 25.6. The number of fused-ring (bicyclic) bond motifs is 1. The Balaban J connectivity index is 1.38. The molecule has 0 spiro atoms. The van der Waals surface area contributed by atoms with Crippen molar-refractivity contribution in [3.05, 3.63) is 24.0 Å². The lowest BCUT2D eigenvalue weighted by atomic mass is 9.86. The van der Waals surface area contributed by atoms with E-state index in [1.807, 2.05) is 0 Å². The zero-order chi connectivity index (χ0) is 25.9. The number of amides is 1. The molecule has 36 heavy (non-hydrogen) atoms. The molecular weight excluding hydrogens is 486 g/mol. The van der Waals surface area contributed by atoms with Crippen LogP contribution in [0.25, 0.3) is 11.0 Å². The zero-order valence-corrected chi connectivity index (χ0v) is 22.1. The van der Waals surface area contributed by atoms with Crippen LogP contribution in [0.3, 0.4) is 0 Å². The van der Waals surface area contributed by atoms with E-state index in [9.17, 15) is 22.0 Å². The SMILES string of the molecule is CC(C)(C)c1nc2cc(S(=O)(=O)N3CC[C@H](NC(=O)C4CC4)C3)ccc2n1CC1CCC(F)(F)CC1. The number of carbonyl (C=O) groups is 1. The molecule has 3 fully saturated rings. The first-order chi connectivity index (χ1) is 16.8. The van der Waals surface area contributed by atoms with E-state index >= 15 is 0 Å². The summed E-state index contributed by atoms with van der Waals surface area (Å²) in [6.45, 7) is 7.39. The Labute approximate surface area is 211 Å². The Morgan fingerprint density at radius 1 is 1.14 bits per heavy atom. The van der Waals surface area contributed by atoms with Crippen LogP contribution in [-0.2, 0) is 26.8 Å². The second-order valence-corrected chi connectivity index (χ2v) is 13.8. The highest BCUT2D eigenvalue weighted by atomic mass is 32.2. The van der Waals surface area contributed by atoms with Crippen LogP contribution >= 0.6 is 0 Å². The summed E-state index contributed by atoms with van der Waals surface area (Å²) in [5, 5.41) is 2.99. The van der Waals surface area contributed by atoms with Gasteiger partial charge in [0.2, 0.25) is 21.9 Å². The number of benzene rings is 1. The molecule has 0 unspecified atom stereocenters. The van der Waals surface area contributed by atoms with E-state index in [2.05, 4.69) is 30.7 Å². The van der Waals surface area contributed by atoms with Gasteiger partial charge in [0.15, 0.2) is 0 Å². The van der Waals surface area contributed by atoms with Crippen LogP contribution in [0, 0.1) is 11.8 Å². The summed E-state index contributed by atoms with van der Waals surface area (Å²) in [4.78, 5) is 17.1. The van der Waals surface area contributed by atoms with Gasteiger partial charge >= 0.3 is 0 Å². The smallest absolute Gasteiger partial charge is 0.248 e. The lowest BCUT2D eigenvalue weighted by molar-refractivity contribution is -0.122. The zero-order valence-electron chi connectivity index (χ0n) is 21.3. The molecule has 5 rings (SSSR count). The number of halogens is 2. The Morgan fingerprint density at radius 3 is 2.47 bits per heavy atom. The minimum Gasteiger partial charge on any atom is -0.352 e. The highest BCUT2D eigenvalue weighted by Gasteiger charge is 2.38. The Morgan fingerprint density at radius 2 is 1.83 bits per heavy atom. The minimum absolute atomic E-state index is 0.0302. The van der Waals surface area contributed by atoms with Gasteiger partial charge in [0.05, 0.1) is 15.9 Å². The summed E-state index contributed by atoms with van der Waals surface area (Å²) in [5.74, 6) is -1.48. The topological polar surface area (TPSA) is 84.3 Å². The maximum absolute atomic E-state index is 13.7. The van der Waals surface area contributed by atoms with Crippen LogP contribution in [0.1, 0.15) is 71.5 Å². The second kappa shape index (κ2) is 9.04. The number of aromatic nitrogens is 2. The van der Waals surface area contributed by atoms with Crippen molar-refractivity contribution in [1.29, 1.82) is 0 Å². The third-order valence-corrected chi connectivity index (χ3v) is 9.61.